The van der Waals surface area contributed by atoms with Crippen LogP contribution in [0.15, 0.2) is 21.9 Å². The molecule has 0 aliphatic heterocycles. The van der Waals surface area contributed by atoms with Gasteiger partial charge in [-0.2, -0.15) is 0 Å². The third-order valence-corrected chi connectivity index (χ3v) is 5.07. The Balaban J connectivity index is 1.90. The fraction of sp³-hybridized carbons (Fsp3) is 0.529. The van der Waals surface area contributed by atoms with E-state index in [1.54, 1.807) is 6.92 Å². The number of furan rings is 1. The zero-order chi connectivity index (χ0) is 17.0. The Morgan fingerprint density at radius 1 is 1.52 bits per heavy atom. The zero-order valence-corrected chi connectivity index (χ0v) is 14.9. The van der Waals surface area contributed by atoms with Gasteiger partial charge in [0.15, 0.2) is 10.8 Å². The number of nitrogens with zero attached hydrogens (tertiary/aromatic N) is 1. The first kappa shape index (κ1) is 17.7. The monoisotopic (exact) mass is 336 g/mol. The van der Waals surface area contributed by atoms with Crippen molar-refractivity contribution in [3.63, 3.8) is 0 Å². The number of carbonyl (C=O) groups is 1. The van der Waals surface area contributed by atoms with E-state index in [4.69, 9.17) is 4.42 Å². The number of aryl methyl sites for hydroxylation is 1. The Morgan fingerprint density at radius 2 is 2.26 bits per heavy atom. The van der Waals surface area contributed by atoms with Crippen molar-refractivity contribution in [2.45, 2.75) is 46.1 Å². The highest BCUT2D eigenvalue weighted by molar-refractivity contribution is 7.13. The lowest BCUT2D eigenvalue weighted by Crippen LogP contribution is -2.45. The zero-order valence-electron chi connectivity index (χ0n) is 14.0. The fourth-order valence-electron chi connectivity index (χ4n) is 2.17. The van der Waals surface area contributed by atoms with Crippen LogP contribution in [-0.4, -0.2) is 28.1 Å². The molecule has 0 spiro atoms. The molecule has 126 valence electrons. The van der Waals surface area contributed by atoms with Crippen LogP contribution in [0.25, 0.3) is 10.8 Å². The standard InChI is InChI=1S/C17H24N2O3S/c1-5-11(2)17(4,21)10-18-15(20)8-13-9-23-16(19-13)14-7-6-12(3)22-14/h6-7,9,11,21H,5,8,10H2,1-4H3,(H,18,20)/t11-,17+/m1/s1. The average Bonchev–Trinajstić information content (AvgIpc) is 3.13. The maximum atomic E-state index is 12.0. The summed E-state index contributed by atoms with van der Waals surface area (Å²) in [5.74, 6) is 1.54. The lowest BCUT2D eigenvalue weighted by molar-refractivity contribution is -0.122. The summed E-state index contributed by atoms with van der Waals surface area (Å²) >= 11 is 1.46. The smallest absolute Gasteiger partial charge is 0.226 e. The number of carbonyl (C=O) groups excluding carboxylic acids is 1. The SMILES string of the molecule is CC[C@@H](C)[C@@](C)(O)CNC(=O)Cc1csc(-c2ccc(C)o2)n1. The van der Waals surface area contributed by atoms with Crippen LogP contribution in [0.2, 0.25) is 0 Å². The van der Waals surface area contributed by atoms with Crippen LogP contribution in [0, 0.1) is 12.8 Å². The van der Waals surface area contributed by atoms with Crippen LogP contribution in [0.3, 0.4) is 0 Å². The normalized spacial score (nSPS) is 15.2. The van der Waals surface area contributed by atoms with Crippen molar-refractivity contribution in [1.29, 1.82) is 0 Å². The number of nitrogens with one attached hydrogen (secondary N) is 1. The number of thiazole rings is 1. The minimum atomic E-state index is -0.899. The number of aromatic nitrogens is 1. The molecular weight excluding hydrogens is 312 g/mol. The molecule has 2 aromatic heterocycles. The predicted molar refractivity (Wildman–Crippen MR) is 91.3 cm³/mol. The van der Waals surface area contributed by atoms with E-state index in [2.05, 4.69) is 10.3 Å². The van der Waals surface area contributed by atoms with E-state index in [1.807, 2.05) is 38.3 Å². The number of rotatable bonds is 7. The molecule has 2 atom stereocenters. The summed E-state index contributed by atoms with van der Waals surface area (Å²) in [4.78, 5) is 16.5. The molecule has 0 unspecified atom stereocenters. The molecule has 1 amide bonds. The van der Waals surface area contributed by atoms with Gasteiger partial charge in [-0.3, -0.25) is 4.79 Å². The van der Waals surface area contributed by atoms with Crippen molar-refractivity contribution in [3.8, 4) is 10.8 Å². The Labute approximate surface area is 140 Å². The molecule has 0 aliphatic rings. The highest BCUT2D eigenvalue weighted by atomic mass is 32.1. The number of aliphatic hydroxyl groups is 1. The van der Waals surface area contributed by atoms with Crippen LogP contribution in [0.4, 0.5) is 0 Å². The van der Waals surface area contributed by atoms with Crippen LogP contribution in [-0.2, 0) is 11.2 Å². The first-order valence-electron chi connectivity index (χ1n) is 7.82. The van der Waals surface area contributed by atoms with E-state index in [9.17, 15) is 9.90 Å². The van der Waals surface area contributed by atoms with Crippen molar-refractivity contribution in [1.82, 2.24) is 10.3 Å². The van der Waals surface area contributed by atoms with Crippen molar-refractivity contribution < 1.29 is 14.3 Å². The summed E-state index contributed by atoms with van der Waals surface area (Å²) < 4.78 is 5.53. The molecule has 0 radical (unpaired) electrons. The molecule has 2 rings (SSSR count). The third-order valence-electron chi connectivity index (χ3n) is 4.16. The van der Waals surface area contributed by atoms with Gasteiger partial charge in [0.1, 0.15) is 5.76 Å². The van der Waals surface area contributed by atoms with Gasteiger partial charge in [0.05, 0.1) is 17.7 Å². The van der Waals surface area contributed by atoms with Gasteiger partial charge in [-0.15, -0.1) is 11.3 Å². The van der Waals surface area contributed by atoms with E-state index >= 15 is 0 Å². The fourth-order valence-corrected chi connectivity index (χ4v) is 2.95. The Morgan fingerprint density at radius 3 is 2.87 bits per heavy atom. The van der Waals surface area contributed by atoms with Crippen molar-refractivity contribution in [2.24, 2.45) is 5.92 Å². The number of amides is 1. The third kappa shape index (κ3) is 4.65. The minimum Gasteiger partial charge on any atom is -0.459 e. The van der Waals surface area contributed by atoms with E-state index in [0.717, 1.165) is 22.9 Å². The molecule has 2 aromatic rings. The van der Waals surface area contributed by atoms with Crippen LogP contribution in [0.1, 0.15) is 38.6 Å². The van der Waals surface area contributed by atoms with Gasteiger partial charge in [0.2, 0.25) is 5.91 Å². The van der Waals surface area contributed by atoms with Crippen molar-refractivity contribution in [2.75, 3.05) is 6.54 Å². The summed E-state index contributed by atoms with van der Waals surface area (Å²) in [7, 11) is 0. The molecule has 0 aliphatic carbocycles. The number of hydrogen-bond donors (Lipinski definition) is 2. The number of hydrogen-bond acceptors (Lipinski definition) is 5. The molecule has 0 aromatic carbocycles. The van der Waals surface area contributed by atoms with Crippen LogP contribution < -0.4 is 5.32 Å². The summed E-state index contributed by atoms with van der Waals surface area (Å²) in [6, 6.07) is 3.77. The summed E-state index contributed by atoms with van der Waals surface area (Å²) in [6.45, 7) is 7.88. The van der Waals surface area contributed by atoms with Gasteiger partial charge in [-0.25, -0.2) is 4.98 Å². The highest BCUT2D eigenvalue weighted by Crippen LogP contribution is 2.25. The second kappa shape index (κ2) is 7.27. The lowest BCUT2D eigenvalue weighted by atomic mass is 9.88. The summed E-state index contributed by atoms with van der Waals surface area (Å²) in [6.07, 6.45) is 1.06. The van der Waals surface area contributed by atoms with Gasteiger partial charge in [0, 0.05) is 11.9 Å². The molecule has 23 heavy (non-hydrogen) atoms. The van der Waals surface area contributed by atoms with Gasteiger partial charge < -0.3 is 14.8 Å². The van der Waals surface area contributed by atoms with Gasteiger partial charge in [0.25, 0.3) is 0 Å². The van der Waals surface area contributed by atoms with Crippen molar-refractivity contribution in [3.05, 3.63) is 29.0 Å². The Hall–Kier alpha value is -1.66. The maximum absolute atomic E-state index is 12.0. The molecule has 6 heteroatoms. The van der Waals surface area contributed by atoms with E-state index in [1.165, 1.54) is 11.3 Å². The van der Waals surface area contributed by atoms with Crippen molar-refractivity contribution >= 4 is 17.2 Å². The Bertz CT molecular complexity index is 660. The molecule has 2 N–H and O–H groups in total. The topological polar surface area (TPSA) is 75.4 Å². The second-order valence-electron chi connectivity index (χ2n) is 6.17. The Kier molecular flexibility index (Phi) is 5.59. The predicted octanol–water partition coefficient (Wildman–Crippen LogP) is 3.17. The molecule has 0 saturated carbocycles. The molecule has 5 nitrogen and oxygen atoms in total. The average molecular weight is 336 g/mol. The lowest BCUT2D eigenvalue weighted by Gasteiger charge is -2.29. The van der Waals surface area contributed by atoms with Crippen LogP contribution >= 0.6 is 11.3 Å². The largest absolute Gasteiger partial charge is 0.459 e. The van der Waals surface area contributed by atoms with Crippen LogP contribution in [0.5, 0.6) is 0 Å². The summed E-state index contributed by atoms with van der Waals surface area (Å²) in [5.41, 5.74) is -0.191. The summed E-state index contributed by atoms with van der Waals surface area (Å²) in [5, 5.41) is 15.7. The molecule has 0 bridgehead atoms. The minimum absolute atomic E-state index is 0.121. The van der Waals surface area contributed by atoms with E-state index in [-0.39, 0.29) is 24.8 Å². The van der Waals surface area contributed by atoms with E-state index < -0.39 is 5.60 Å². The molecular formula is C17H24N2O3S. The van der Waals surface area contributed by atoms with E-state index in [0.29, 0.717) is 5.69 Å². The molecule has 0 saturated heterocycles. The first-order valence-corrected chi connectivity index (χ1v) is 8.70. The van der Waals surface area contributed by atoms with Gasteiger partial charge in [-0.1, -0.05) is 20.3 Å². The quantitative estimate of drug-likeness (QED) is 0.814. The second-order valence-corrected chi connectivity index (χ2v) is 7.03. The first-order chi connectivity index (χ1) is 10.8. The molecule has 2 heterocycles. The highest BCUT2D eigenvalue weighted by Gasteiger charge is 2.27. The molecule has 0 fully saturated rings. The van der Waals surface area contributed by atoms with Gasteiger partial charge >= 0.3 is 0 Å². The van der Waals surface area contributed by atoms with Gasteiger partial charge in [-0.05, 0) is 31.9 Å². The maximum Gasteiger partial charge on any atom is 0.226 e.